The van der Waals surface area contributed by atoms with Crippen LogP contribution in [0.1, 0.15) is 27.3 Å². The number of nitriles is 1. The van der Waals surface area contributed by atoms with E-state index in [1.165, 1.54) is 0 Å². The lowest BCUT2D eigenvalue weighted by Crippen LogP contribution is -2.17. The quantitative estimate of drug-likeness (QED) is 0.643. The van der Waals surface area contributed by atoms with E-state index in [4.69, 9.17) is 10.00 Å². The molecule has 0 aliphatic heterocycles. The molecule has 3 rings (SSSR count). The Kier molecular flexibility index (Phi) is 6.38. The van der Waals surface area contributed by atoms with Crippen LogP contribution in [0.15, 0.2) is 54.6 Å². The molecule has 0 fully saturated rings. The topological polar surface area (TPSA) is 99.9 Å². The van der Waals surface area contributed by atoms with Crippen LogP contribution in [-0.2, 0) is 6.42 Å². The second kappa shape index (κ2) is 9.33. The van der Waals surface area contributed by atoms with Crippen molar-refractivity contribution >= 4 is 17.5 Å². The molecule has 29 heavy (non-hydrogen) atoms. The highest BCUT2D eigenvalue weighted by Gasteiger charge is 2.13. The van der Waals surface area contributed by atoms with E-state index in [1.54, 1.807) is 44.4 Å². The third-order valence-corrected chi connectivity index (χ3v) is 4.21. The van der Waals surface area contributed by atoms with Crippen LogP contribution in [-0.4, -0.2) is 29.5 Å². The lowest BCUT2D eigenvalue weighted by Gasteiger charge is -2.10. The van der Waals surface area contributed by atoms with Crippen LogP contribution in [0.2, 0.25) is 0 Å². The van der Waals surface area contributed by atoms with Crippen molar-refractivity contribution in [2.24, 2.45) is 0 Å². The summed E-state index contributed by atoms with van der Waals surface area (Å²) < 4.78 is 5.23. The Bertz CT molecular complexity index is 1060. The minimum Gasteiger partial charge on any atom is -0.497 e. The predicted molar refractivity (Wildman–Crippen MR) is 111 cm³/mol. The number of amides is 1. The molecule has 0 saturated heterocycles. The molecule has 0 aliphatic rings. The van der Waals surface area contributed by atoms with Crippen molar-refractivity contribution in [1.29, 1.82) is 5.26 Å². The lowest BCUT2D eigenvalue weighted by molar-refractivity contribution is 0.102. The molecule has 2 aromatic carbocycles. The molecule has 0 atom stereocenters. The molecular weight excluding hydrogens is 366 g/mol. The number of benzene rings is 2. The van der Waals surface area contributed by atoms with Crippen molar-refractivity contribution in [2.45, 2.75) is 13.3 Å². The molecule has 7 heteroatoms. The normalized spacial score (nSPS) is 10.1. The Labute approximate surface area is 169 Å². The number of para-hydroxylation sites is 1. The molecule has 1 amide bonds. The van der Waals surface area contributed by atoms with Gasteiger partial charge in [-0.3, -0.25) is 4.79 Å². The van der Waals surface area contributed by atoms with Crippen molar-refractivity contribution in [3.05, 3.63) is 77.1 Å². The average molecular weight is 387 g/mol. The van der Waals surface area contributed by atoms with E-state index in [0.717, 1.165) is 17.7 Å². The van der Waals surface area contributed by atoms with Crippen LogP contribution in [0, 0.1) is 18.3 Å². The van der Waals surface area contributed by atoms with Crippen LogP contribution < -0.4 is 15.4 Å². The number of anilines is 2. The predicted octanol–water partition coefficient (Wildman–Crippen LogP) is 3.57. The summed E-state index contributed by atoms with van der Waals surface area (Å²) in [4.78, 5) is 21.3. The number of aromatic nitrogens is 2. The van der Waals surface area contributed by atoms with Crippen LogP contribution in [0.3, 0.4) is 0 Å². The van der Waals surface area contributed by atoms with E-state index >= 15 is 0 Å². The first-order valence-electron chi connectivity index (χ1n) is 9.12. The Morgan fingerprint density at radius 3 is 2.76 bits per heavy atom. The first kappa shape index (κ1) is 19.8. The molecule has 3 aromatic rings. The Hall–Kier alpha value is -3.92. The SMILES string of the molecule is COc1cccc(CCNc2nc(C)cc(C(=O)Nc3ccccc3C#N)n2)c1. The molecule has 7 nitrogen and oxygen atoms in total. The highest BCUT2D eigenvalue weighted by molar-refractivity contribution is 6.03. The maximum absolute atomic E-state index is 12.6. The molecule has 0 radical (unpaired) electrons. The minimum absolute atomic E-state index is 0.231. The van der Waals surface area contributed by atoms with E-state index in [2.05, 4.69) is 26.7 Å². The van der Waals surface area contributed by atoms with Gasteiger partial charge >= 0.3 is 0 Å². The fourth-order valence-electron chi connectivity index (χ4n) is 2.79. The van der Waals surface area contributed by atoms with E-state index in [-0.39, 0.29) is 5.69 Å². The van der Waals surface area contributed by atoms with Gasteiger partial charge in [0.25, 0.3) is 5.91 Å². The Morgan fingerprint density at radius 1 is 1.14 bits per heavy atom. The summed E-state index contributed by atoms with van der Waals surface area (Å²) >= 11 is 0. The number of methoxy groups -OCH3 is 1. The zero-order chi connectivity index (χ0) is 20.6. The standard InChI is InChI=1S/C22H21N5O2/c1-15-12-20(21(28)26-19-9-4-3-7-17(19)14-23)27-22(25-15)24-11-10-16-6-5-8-18(13-16)29-2/h3-9,12-13H,10-11H2,1-2H3,(H,26,28)(H,24,25,27). The summed E-state index contributed by atoms with van der Waals surface area (Å²) in [6.45, 7) is 2.41. The number of ether oxygens (including phenoxy) is 1. The fraction of sp³-hybridized carbons (Fsp3) is 0.182. The van der Waals surface area contributed by atoms with Crippen molar-refractivity contribution in [1.82, 2.24) is 9.97 Å². The fourth-order valence-corrected chi connectivity index (χ4v) is 2.79. The smallest absolute Gasteiger partial charge is 0.274 e. The van der Waals surface area contributed by atoms with E-state index in [0.29, 0.717) is 29.4 Å². The number of hydrogen-bond donors (Lipinski definition) is 2. The van der Waals surface area contributed by atoms with Gasteiger partial charge in [0.2, 0.25) is 5.95 Å². The van der Waals surface area contributed by atoms with Crippen LogP contribution in [0.4, 0.5) is 11.6 Å². The lowest BCUT2D eigenvalue weighted by atomic mass is 10.1. The molecule has 0 saturated carbocycles. The van der Waals surface area contributed by atoms with Gasteiger partial charge in [0.1, 0.15) is 17.5 Å². The summed E-state index contributed by atoms with van der Waals surface area (Å²) in [5, 5.41) is 15.1. The van der Waals surface area contributed by atoms with Gasteiger partial charge in [-0.05, 0) is 49.2 Å². The van der Waals surface area contributed by atoms with Gasteiger partial charge in [-0.15, -0.1) is 0 Å². The molecular formula is C22H21N5O2. The maximum atomic E-state index is 12.6. The number of hydrogen-bond acceptors (Lipinski definition) is 6. The van der Waals surface area contributed by atoms with Crippen molar-refractivity contribution < 1.29 is 9.53 Å². The van der Waals surface area contributed by atoms with E-state index < -0.39 is 5.91 Å². The molecule has 1 heterocycles. The van der Waals surface area contributed by atoms with Gasteiger partial charge < -0.3 is 15.4 Å². The second-order valence-corrected chi connectivity index (χ2v) is 6.36. The summed E-state index contributed by atoms with van der Waals surface area (Å²) in [5.74, 6) is 0.798. The molecule has 2 N–H and O–H groups in total. The highest BCUT2D eigenvalue weighted by atomic mass is 16.5. The molecule has 146 valence electrons. The van der Waals surface area contributed by atoms with Gasteiger partial charge in [-0.25, -0.2) is 9.97 Å². The Balaban J connectivity index is 1.67. The summed E-state index contributed by atoms with van der Waals surface area (Å²) in [7, 11) is 1.64. The van der Waals surface area contributed by atoms with Crippen molar-refractivity contribution in [2.75, 3.05) is 24.3 Å². The van der Waals surface area contributed by atoms with Crippen molar-refractivity contribution in [3.8, 4) is 11.8 Å². The number of rotatable bonds is 7. The third-order valence-electron chi connectivity index (χ3n) is 4.21. The summed E-state index contributed by atoms with van der Waals surface area (Å²) in [5.41, 5.74) is 2.86. The Morgan fingerprint density at radius 2 is 1.97 bits per heavy atom. The van der Waals surface area contributed by atoms with E-state index in [1.807, 2.05) is 24.3 Å². The molecule has 0 aliphatic carbocycles. The molecule has 0 bridgehead atoms. The number of nitrogens with one attached hydrogen (secondary N) is 2. The van der Waals surface area contributed by atoms with Crippen LogP contribution in [0.25, 0.3) is 0 Å². The second-order valence-electron chi connectivity index (χ2n) is 6.36. The molecule has 0 spiro atoms. The van der Waals surface area contributed by atoms with E-state index in [9.17, 15) is 4.79 Å². The number of carbonyl (C=O) groups is 1. The van der Waals surface area contributed by atoms with Crippen LogP contribution in [0.5, 0.6) is 5.75 Å². The van der Waals surface area contributed by atoms with Crippen LogP contribution >= 0.6 is 0 Å². The minimum atomic E-state index is -0.394. The third kappa shape index (κ3) is 5.30. The number of aryl methyl sites for hydroxylation is 1. The molecule has 1 aromatic heterocycles. The van der Waals surface area contributed by atoms with Gasteiger partial charge in [-0.1, -0.05) is 24.3 Å². The molecule has 0 unspecified atom stereocenters. The monoisotopic (exact) mass is 387 g/mol. The summed E-state index contributed by atoms with van der Waals surface area (Å²) in [6.07, 6.45) is 0.756. The van der Waals surface area contributed by atoms with Crippen molar-refractivity contribution in [3.63, 3.8) is 0 Å². The highest BCUT2D eigenvalue weighted by Crippen LogP contribution is 2.16. The van der Waals surface area contributed by atoms with Gasteiger partial charge in [0.15, 0.2) is 0 Å². The maximum Gasteiger partial charge on any atom is 0.274 e. The number of nitrogens with zero attached hydrogens (tertiary/aromatic N) is 3. The van der Waals surface area contributed by atoms with Gasteiger partial charge in [0.05, 0.1) is 18.4 Å². The van der Waals surface area contributed by atoms with Gasteiger partial charge in [0, 0.05) is 12.2 Å². The van der Waals surface area contributed by atoms with Gasteiger partial charge in [-0.2, -0.15) is 5.26 Å². The zero-order valence-corrected chi connectivity index (χ0v) is 16.3. The first-order chi connectivity index (χ1) is 14.1. The average Bonchev–Trinajstić information content (AvgIpc) is 2.74. The number of carbonyl (C=O) groups excluding carboxylic acids is 1. The summed E-state index contributed by atoms with van der Waals surface area (Å²) in [6, 6.07) is 18.3. The largest absolute Gasteiger partial charge is 0.497 e. The first-order valence-corrected chi connectivity index (χ1v) is 9.12. The zero-order valence-electron chi connectivity index (χ0n) is 16.3.